The van der Waals surface area contributed by atoms with Gasteiger partial charge in [0, 0.05) is 5.56 Å². The number of carbonyl (C=O) groups excluding carboxylic acids is 1. The van der Waals surface area contributed by atoms with Gasteiger partial charge < -0.3 is 14.6 Å². The van der Waals surface area contributed by atoms with Gasteiger partial charge in [0.25, 0.3) is 0 Å². The number of methoxy groups -OCH3 is 2. The number of aldehydes is 1. The SMILES string of the molecule is COc1cc(C=O)c(CC(C)C(=O)O)cc1OC. The third-order valence-electron chi connectivity index (χ3n) is 2.72. The van der Waals surface area contributed by atoms with Crippen LogP contribution in [0.25, 0.3) is 0 Å². The molecule has 0 aliphatic carbocycles. The first-order chi connectivity index (χ1) is 8.53. The molecule has 0 fully saturated rings. The van der Waals surface area contributed by atoms with Gasteiger partial charge in [-0.2, -0.15) is 0 Å². The lowest BCUT2D eigenvalue weighted by atomic mass is 9.97. The van der Waals surface area contributed by atoms with Crippen LogP contribution >= 0.6 is 0 Å². The summed E-state index contributed by atoms with van der Waals surface area (Å²) in [6, 6.07) is 3.19. The van der Waals surface area contributed by atoms with Crippen LogP contribution in [0.4, 0.5) is 0 Å². The molecule has 0 aliphatic heterocycles. The minimum atomic E-state index is -0.901. The van der Waals surface area contributed by atoms with E-state index in [1.54, 1.807) is 19.1 Å². The Bertz CT molecular complexity index is 453. The minimum Gasteiger partial charge on any atom is -0.493 e. The van der Waals surface area contributed by atoms with E-state index < -0.39 is 11.9 Å². The van der Waals surface area contributed by atoms with Crippen LogP contribution in [0.3, 0.4) is 0 Å². The topological polar surface area (TPSA) is 72.8 Å². The second-order valence-corrected chi connectivity index (χ2v) is 3.97. The van der Waals surface area contributed by atoms with Gasteiger partial charge >= 0.3 is 5.97 Å². The van der Waals surface area contributed by atoms with Crippen LogP contribution in [0.1, 0.15) is 22.8 Å². The molecule has 0 amide bonds. The highest BCUT2D eigenvalue weighted by Gasteiger charge is 2.17. The van der Waals surface area contributed by atoms with E-state index in [1.807, 2.05) is 0 Å². The summed E-state index contributed by atoms with van der Waals surface area (Å²) in [6.45, 7) is 1.59. The van der Waals surface area contributed by atoms with Crippen LogP contribution in [-0.4, -0.2) is 31.6 Å². The van der Waals surface area contributed by atoms with E-state index in [2.05, 4.69) is 0 Å². The van der Waals surface area contributed by atoms with E-state index in [1.165, 1.54) is 14.2 Å². The Morgan fingerprint density at radius 1 is 1.33 bits per heavy atom. The number of ether oxygens (including phenoxy) is 2. The molecule has 0 saturated carbocycles. The molecule has 1 aromatic carbocycles. The van der Waals surface area contributed by atoms with Gasteiger partial charge in [0.2, 0.25) is 0 Å². The summed E-state index contributed by atoms with van der Waals surface area (Å²) in [6.07, 6.45) is 0.954. The van der Waals surface area contributed by atoms with Crippen molar-refractivity contribution in [3.8, 4) is 11.5 Å². The zero-order valence-corrected chi connectivity index (χ0v) is 10.6. The molecule has 5 nitrogen and oxygen atoms in total. The monoisotopic (exact) mass is 252 g/mol. The van der Waals surface area contributed by atoms with E-state index >= 15 is 0 Å². The molecule has 0 saturated heterocycles. The highest BCUT2D eigenvalue weighted by Crippen LogP contribution is 2.31. The van der Waals surface area contributed by atoms with Gasteiger partial charge in [0.1, 0.15) is 6.29 Å². The Kier molecular flexibility index (Phi) is 4.71. The van der Waals surface area contributed by atoms with Crippen molar-refractivity contribution < 1.29 is 24.2 Å². The molecular weight excluding hydrogens is 236 g/mol. The van der Waals surface area contributed by atoms with E-state index in [0.29, 0.717) is 28.9 Å². The van der Waals surface area contributed by atoms with Gasteiger partial charge in [-0.15, -0.1) is 0 Å². The number of rotatable bonds is 6. The molecule has 0 bridgehead atoms. The first-order valence-electron chi connectivity index (χ1n) is 5.46. The summed E-state index contributed by atoms with van der Waals surface area (Å²) in [5, 5.41) is 8.89. The van der Waals surface area contributed by atoms with Gasteiger partial charge in [-0.05, 0) is 24.1 Å². The fraction of sp³-hybridized carbons (Fsp3) is 0.385. The number of hydrogen-bond acceptors (Lipinski definition) is 4. The standard InChI is InChI=1S/C13H16O5/c1-8(13(15)16)4-9-5-11(17-2)12(18-3)6-10(9)7-14/h5-8H,4H2,1-3H3,(H,15,16). The predicted molar refractivity (Wildman–Crippen MR) is 65.4 cm³/mol. The second kappa shape index (κ2) is 6.05. The molecule has 0 radical (unpaired) electrons. The molecule has 0 aliphatic rings. The molecule has 1 aromatic rings. The number of carboxylic acids is 1. The highest BCUT2D eigenvalue weighted by atomic mass is 16.5. The van der Waals surface area contributed by atoms with Crippen molar-refractivity contribution in [2.45, 2.75) is 13.3 Å². The van der Waals surface area contributed by atoms with Crippen LogP contribution in [0.15, 0.2) is 12.1 Å². The van der Waals surface area contributed by atoms with E-state index in [0.717, 1.165) is 0 Å². The summed E-state index contributed by atoms with van der Waals surface area (Å²) in [5.74, 6) is -0.537. The van der Waals surface area contributed by atoms with E-state index in [4.69, 9.17) is 14.6 Å². The maximum absolute atomic E-state index is 11.0. The van der Waals surface area contributed by atoms with Crippen molar-refractivity contribution in [3.63, 3.8) is 0 Å². The summed E-state index contributed by atoms with van der Waals surface area (Å²) in [4.78, 5) is 21.8. The van der Waals surface area contributed by atoms with E-state index in [-0.39, 0.29) is 6.42 Å². The summed E-state index contributed by atoms with van der Waals surface area (Å²) >= 11 is 0. The largest absolute Gasteiger partial charge is 0.493 e. The molecular formula is C13H16O5. The van der Waals surface area contributed by atoms with Gasteiger partial charge in [0.15, 0.2) is 11.5 Å². The molecule has 1 atom stereocenters. The van der Waals surface area contributed by atoms with E-state index in [9.17, 15) is 9.59 Å². The number of aliphatic carboxylic acids is 1. The van der Waals surface area contributed by atoms with Crippen LogP contribution in [0.5, 0.6) is 11.5 Å². The second-order valence-electron chi connectivity index (χ2n) is 3.97. The lowest BCUT2D eigenvalue weighted by Crippen LogP contribution is -2.13. The quantitative estimate of drug-likeness (QED) is 0.781. The molecule has 1 N–H and O–H groups in total. The molecule has 5 heteroatoms. The first kappa shape index (κ1) is 14.0. The Balaban J connectivity index is 3.17. The number of benzene rings is 1. The predicted octanol–water partition coefficient (Wildman–Crippen LogP) is 1.78. The number of hydrogen-bond donors (Lipinski definition) is 1. The maximum atomic E-state index is 11.0. The van der Waals surface area contributed by atoms with Crippen molar-refractivity contribution in [2.75, 3.05) is 14.2 Å². The van der Waals surface area contributed by atoms with Crippen LogP contribution in [0.2, 0.25) is 0 Å². The molecule has 18 heavy (non-hydrogen) atoms. The first-order valence-corrected chi connectivity index (χ1v) is 5.46. The third-order valence-corrected chi connectivity index (χ3v) is 2.72. The zero-order valence-electron chi connectivity index (χ0n) is 10.6. The van der Waals surface area contributed by atoms with Crippen LogP contribution in [-0.2, 0) is 11.2 Å². The summed E-state index contributed by atoms with van der Waals surface area (Å²) in [5.41, 5.74) is 1.05. The molecule has 98 valence electrons. The lowest BCUT2D eigenvalue weighted by Gasteiger charge is -2.13. The molecule has 0 aromatic heterocycles. The molecule has 0 spiro atoms. The Morgan fingerprint density at radius 2 is 1.89 bits per heavy atom. The Labute approximate surface area is 105 Å². The minimum absolute atomic E-state index is 0.268. The van der Waals surface area contributed by atoms with Gasteiger partial charge in [-0.3, -0.25) is 9.59 Å². The smallest absolute Gasteiger partial charge is 0.306 e. The van der Waals surface area contributed by atoms with Gasteiger partial charge in [-0.25, -0.2) is 0 Å². The van der Waals surface area contributed by atoms with Gasteiger partial charge in [0.05, 0.1) is 20.1 Å². The third kappa shape index (κ3) is 3.00. The van der Waals surface area contributed by atoms with Crippen molar-refractivity contribution in [2.24, 2.45) is 5.92 Å². The van der Waals surface area contributed by atoms with Crippen molar-refractivity contribution >= 4 is 12.3 Å². The maximum Gasteiger partial charge on any atom is 0.306 e. The Hall–Kier alpha value is -2.04. The van der Waals surface area contributed by atoms with Crippen molar-refractivity contribution in [3.05, 3.63) is 23.3 Å². The van der Waals surface area contributed by atoms with Gasteiger partial charge in [-0.1, -0.05) is 6.92 Å². The average Bonchev–Trinajstić information content (AvgIpc) is 2.37. The summed E-state index contributed by atoms with van der Waals surface area (Å²) in [7, 11) is 2.97. The summed E-state index contributed by atoms with van der Waals surface area (Å²) < 4.78 is 10.2. The zero-order chi connectivity index (χ0) is 13.7. The number of carbonyl (C=O) groups is 2. The van der Waals surface area contributed by atoms with Crippen LogP contribution in [0, 0.1) is 5.92 Å². The lowest BCUT2D eigenvalue weighted by molar-refractivity contribution is -0.141. The number of carboxylic acid groups (broad SMARTS) is 1. The average molecular weight is 252 g/mol. The van der Waals surface area contributed by atoms with Crippen LogP contribution < -0.4 is 9.47 Å². The molecule has 0 heterocycles. The molecule has 1 unspecified atom stereocenters. The Morgan fingerprint density at radius 3 is 2.33 bits per heavy atom. The highest BCUT2D eigenvalue weighted by molar-refractivity contribution is 5.80. The van der Waals surface area contributed by atoms with Crippen molar-refractivity contribution in [1.82, 2.24) is 0 Å². The fourth-order valence-corrected chi connectivity index (χ4v) is 1.64. The fourth-order valence-electron chi connectivity index (χ4n) is 1.64. The normalized spacial score (nSPS) is 11.7. The van der Waals surface area contributed by atoms with Crippen molar-refractivity contribution in [1.29, 1.82) is 0 Å². The molecule has 1 rings (SSSR count).